The van der Waals surface area contributed by atoms with Gasteiger partial charge in [0.15, 0.2) is 6.10 Å². The van der Waals surface area contributed by atoms with Gasteiger partial charge in [-0.2, -0.15) is 0 Å². The fourth-order valence-electron chi connectivity index (χ4n) is 1.80. The van der Waals surface area contributed by atoms with E-state index in [2.05, 4.69) is 5.32 Å². The molecule has 0 saturated heterocycles. The lowest BCUT2D eigenvalue weighted by molar-refractivity contribution is -0.144. The molecule has 1 aromatic carbocycles. The van der Waals surface area contributed by atoms with Crippen LogP contribution in [-0.2, 0) is 9.59 Å². The van der Waals surface area contributed by atoms with E-state index in [4.69, 9.17) is 9.84 Å². The van der Waals surface area contributed by atoms with E-state index >= 15 is 0 Å². The molecule has 2 rings (SSSR count). The van der Waals surface area contributed by atoms with E-state index in [1.165, 1.54) is 0 Å². The molecular weight excluding hydrogens is 246 g/mol. The van der Waals surface area contributed by atoms with Crippen molar-refractivity contribution in [3.63, 3.8) is 0 Å². The average Bonchev–Trinajstić information content (AvgIpc) is 3.10. The molecule has 0 aromatic heterocycles. The summed E-state index contributed by atoms with van der Waals surface area (Å²) < 4.78 is 5.51. The molecule has 5 nitrogen and oxygen atoms in total. The molecule has 0 spiro atoms. The largest absolute Gasteiger partial charge is 0.481 e. The van der Waals surface area contributed by atoms with Crippen molar-refractivity contribution in [1.82, 2.24) is 5.32 Å². The Labute approximate surface area is 111 Å². The number of rotatable bonds is 5. The molecule has 102 valence electrons. The second kappa shape index (κ2) is 4.91. The molecule has 1 aromatic rings. The molecule has 0 unspecified atom stereocenters. The smallest absolute Gasteiger partial charge is 0.329 e. The molecule has 0 bridgehead atoms. The van der Waals surface area contributed by atoms with E-state index in [1.807, 2.05) is 25.1 Å². The molecular formula is C14H17NO4. The lowest BCUT2D eigenvalue weighted by Gasteiger charge is -2.18. The normalized spacial score (nSPS) is 17.4. The summed E-state index contributed by atoms with van der Waals surface area (Å²) in [6.45, 7) is 3.54. The predicted octanol–water partition coefficient (Wildman–Crippen LogP) is 1.50. The highest BCUT2D eigenvalue weighted by molar-refractivity contribution is 5.91. The Balaban J connectivity index is 1.95. The monoisotopic (exact) mass is 263 g/mol. The van der Waals surface area contributed by atoms with Gasteiger partial charge < -0.3 is 15.2 Å². The zero-order valence-corrected chi connectivity index (χ0v) is 11.0. The number of aliphatic carboxylic acids is 1. The number of hydrogen-bond donors (Lipinski definition) is 2. The van der Waals surface area contributed by atoms with Crippen molar-refractivity contribution in [3.05, 3.63) is 29.8 Å². The molecule has 0 heterocycles. The summed E-state index contributed by atoms with van der Waals surface area (Å²) >= 11 is 0. The number of ether oxygens (including phenoxy) is 1. The number of amides is 1. The van der Waals surface area contributed by atoms with Crippen LogP contribution in [0.15, 0.2) is 24.3 Å². The molecule has 1 amide bonds. The van der Waals surface area contributed by atoms with Gasteiger partial charge in [-0.05, 0) is 44.4 Å². The Kier molecular flexibility index (Phi) is 3.46. The number of nitrogens with one attached hydrogen (secondary N) is 1. The van der Waals surface area contributed by atoms with Gasteiger partial charge in [0.25, 0.3) is 5.91 Å². The van der Waals surface area contributed by atoms with Crippen LogP contribution in [0, 0.1) is 6.92 Å². The van der Waals surface area contributed by atoms with Crippen molar-refractivity contribution in [2.24, 2.45) is 0 Å². The minimum absolute atomic E-state index is 0.401. The fourth-order valence-corrected chi connectivity index (χ4v) is 1.80. The van der Waals surface area contributed by atoms with Gasteiger partial charge >= 0.3 is 5.97 Å². The first kappa shape index (κ1) is 13.4. The third kappa shape index (κ3) is 3.05. The summed E-state index contributed by atoms with van der Waals surface area (Å²) in [7, 11) is 0. The van der Waals surface area contributed by atoms with Crippen LogP contribution in [0.3, 0.4) is 0 Å². The van der Waals surface area contributed by atoms with Crippen LogP contribution < -0.4 is 10.1 Å². The van der Waals surface area contributed by atoms with Crippen LogP contribution in [0.4, 0.5) is 0 Å². The lowest BCUT2D eigenvalue weighted by atomic mass is 10.2. The van der Waals surface area contributed by atoms with Gasteiger partial charge in [-0.3, -0.25) is 4.79 Å². The van der Waals surface area contributed by atoms with E-state index in [-0.39, 0.29) is 0 Å². The SMILES string of the molecule is Cc1cccc(O[C@H](C)C(=O)NC2(C(=O)O)CC2)c1. The second-order valence-corrected chi connectivity index (χ2v) is 4.95. The average molecular weight is 263 g/mol. The molecule has 2 N–H and O–H groups in total. The lowest BCUT2D eigenvalue weighted by Crippen LogP contribution is -2.48. The highest BCUT2D eigenvalue weighted by Gasteiger charge is 2.52. The third-order valence-electron chi connectivity index (χ3n) is 3.19. The van der Waals surface area contributed by atoms with Crippen LogP contribution in [0.2, 0.25) is 0 Å². The molecule has 5 heteroatoms. The molecule has 0 radical (unpaired) electrons. The maximum absolute atomic E-state index is 11.9. The van der Waals surface area contributed by atoms with E-state index in [9.17, 15) is 9.59 Å². The second-order valence-electron chi connectivity index (χ2n) is 4.95. The first-order chi connectivity index (χ1) is 8.93. The minimum Gasteiger partial charge on any atom is -0.481 e. The maximum atomic E-state index is 11.9. The van der Waals surface area contributed by atoms with Crippen LogP contribution in [-0.4, -0.2) is 28.6 Å². The fraction of sp³-hybridized carbons (Fsp3) is 0.429. The summed E-state index contributed by atoms with van der Waals surface area (Å²) in [4.78, 5) is 22.9. The van der Waals surface area contributed by atoms with Crippen LogP contribution in [0.5, 0.6) is 5.75 Å². The van der Waals surface area contributed by atoms with Gasteiger partial charge in [0.1, 0.15) is 11.3 Å². The summed E-state index contributed by atoms with van der Waals surface area (Å²) in [5.74, 6) is -0.784. The van der Waals surface area contributed by atoms with Crippen molar-refractivity contribution >= 4 is 11.9 Å². The topological polar surface area (TPSA) is 75.6 Å². The Hall–Kier alpha value is -2.04. The zero-order chi connectivity index (χ0) is 14.0. The maximum Gasteiger partial charge on any atom is 0.329 e. The number of carbonyl (C=O) groups excluding carboxylic acids is 1. The summed E-state index contributed by atoms with van der Waals surface area (Å²) in [6, 6.07) is 7.37. The van der Waals surface area contributed by atoms with Crippen LogP contribution in [0.25, 0.3) is 0 Å². The highest BCUT2D eigenvalue weighted by Crippen LogP contribution is 2.35. The number of carbonyl (C=O) groups is 2. The molecule has 1 aliphatic rings. The summed E-state index contributed by atoms with van der Waals surface area (Å²) in [6.07, 6.45) is 0.231. The predicted molar refractivity (Wildman–Crippen MR) is 69.0 cm³/mol. The van der Waals surface area contributed by atoms with Crippen LogP contribution >= 0.6 is 0 Å². The van der Waals surface area contributed by atoms with E-state index in [0.29, 0.717) is 18.6 Å². The van der Waals surface area contributed by atoms with Crippen molar-refractivity contribution in [2.75, 3.05) is 0 Å². The highest BCUT2D eigenvalue weighted by atomic mass is 16.5. The number of carboxylic acid groups (broad SMARTS) is 1. The van der Waals surface area contributed by atoms with Gasteiger partial charge in [-0.25, -0.2) is 4.79 Å². The van der Waals surface area contributed by atoms with E-state index in [0.717, 1.165) is 5.56 Å². The van der Waals surface area contributed by atoms with Gasteiger partial charge in [-0.15, -0.1) is 0 Å². The van der Waals surface area contributed by atoms with Gasteiger partial charge in [0.05, 0.1) is 0 Å². The van der Waals surface area contributed by atoms with Crippen LogP contribution in [0.1, 0.15) is 25.3 Å². The van der Waals surface area contributed by atoms with Crippen molar-refractivity contribution in [2.45, 2.75) is 38.3 Å². The van der Waals surface area contributed by atoms with Crippen molar-refractivity contribution < 1.29 is 19.4 Å². The first-order valence-electron chi connectivity index (χ1n) is 6.22. The van der Waals surface area contributed by atoms with Gasteiger partial charge in [0.2, 0.25) is 0 Å². The molecule has 1 fully saturated rings. The van der Waals surface area contributed by atoms with Gasteiger partial charge in [0, 0.05) is 0 Å². The third-order valence-corrected chi connectivity index (χ3v) is 3.19. The zero-order valence-electron chi connectivity index (χ0n) is 11.0. The summed E-state index contributed by atoms with van der Waals surface area (Å²) in [5.41, 5.74) is -0.0318. The standard InChI is InChI=1S/C14H17NO4/c1-9-4-3-5-11(8-9)19-10(2)12(16)15-14(6-7-14)13(17)18/h3-5,8,10H,6-7H2,1-2H3,(H,15,16)(H,17,18)/t10-/m1/s1. The van der Waals surface area contributed by atoms with Crippen molar-refractivity contribution in [3.8, 4) is 5.75 Å². The number of aryl methyl sites for hydroxylation is 1. The number of carboxylic acids is 1. The molecule has 0 aliphatic heterocycles. The first-order valence-corrected chi connectivity index (χ1v) is 6.22. The quantitative estimate of drug-likeness (QED) is 0.844. The minimum atomic E-state index is -1.07. The molecule has 19 heavy (non-hydrogen) atoms. The molecule has 1 aliphatic carbocycles. The molecule has 1 saturated carbocycles. The Morgan fingerprint density at radius 2 is 2.11 bits per heavy atom. The van der Waals surface area contributed by atoms with Crippen molar-refractivity contribution in [1.29, 1.82) is 0 Å². The Morgan fingerprint density at radius 1 is 1.42 bits per heavy atom. The number of hydrogen-bond acceptors (Lipinski definition) is 3. The van der Waals surface area contributed by atoms with E-state index < -0.39 is 23.5 Å². The Bertz CT molecular complexity index is 508. The summed E-state index contributed by atoms with van der Waals surface area (Å²) in [5, 5.41) is 11.5. The number of benzene rings is 1. The molecule has 1 atom stereocenters. The van der Waals surface area contributed by atoms with E-state index in [1.54, 1.807) is 13.0 Å². The Morgan fingerprint density at radius 3 is 2.63 bits per heavy atom. The van der Waals surface area contributed by atoms with Gasteiger partial charge in [-0.1, -0.05) is 12.1 Å².